The fourth-order valence-electron chi connectivity index (χ4n) is 2.79. The van der Waals surface area contributed by atoms with Crippen molar-refractivity contribution in [3.63, 3.8) is 0 Å². The second-order valence-corrected chi connectivity index (χ2v) is 5.94. The van der Waals surface area contributed by atoms with Crippen LogP contribution in [0.2, 0.25) is 5.02 Å². The first kappa shape index (κ1) is 16.2. The van der Waals surface area contributed by atoms with E-state index in [2.05, 4.69) is 0 Å². The van der Waals surface area contributed by atoms with Crippen LogP contribution in [0.5, 0.6) is 0 Å². The van der Waals surface area contributed by atoms with Crippen molar-refractivity contribution in [2.75, 3.05) is 4.90 Å². The van der Waals surface area contributed by atoms with Gasteiger partial charge < -0.3 is 4.90 Å². The number of Topliss-reactive ketones (excluding diaryl/α,β-unsaturated/α-hetero) is 1. The highest BCUT2D eigenvalue weighted by Crippen LogP contribution is 2.30. The number of hydrogen-bond acceptors (Lipinski definition) is 3. The number of nitrogens with zero attached hydrogens (tertiary/aromatic N) is 2. The molecule has 1 heterocycles. The first-order valence-electron chi connectivity index (χ1n) is 7.28. The fraction of sp³-hybridized carbons (Fsp3) is 0.167. The van der Waals surface area contributed by atoms with Gasteiger partial charge in [-0.15, -0.1) is 0 Å². The highest BCUT2D eigenvalue weighted by molar-refractivity contribution is 6.32. The van der Waals surface area contributed by atoms with E-state index in [0.29, 0.717) is 17.7 Å². The lowest BCUT2D eigenvalue weighted by atomic mass is 10.0. The molecule has 0 aliphatic carbocycles. The van der Waals surface area contributed by atoms with Gasteiger partial charge in [0, 0.05) is 12.1 Å². The van der Waals surface area contributed by atoms with Crippen LogP contribution >= 0.6 is 11.6 Å². The SMILES string of the molecule is N#Cc1ccc(N2C(=O)CC(=O)C2Cc2ccc(F)cc2)cc1Cl. The van der Waals surface area contributed by atoms with Gasteiger partial charge in [0.2, 0.25) is 5.91 Å². The van der Waals surface area contributed by atoms with Crippen LogP contribution in [0.3, 0.4) is 0 Å². The Labute approximate surface area is 143 Å². The van der Waals surface area contributed by atoms with E-state index in [4.69, 9.17) is 16.9 Å². The molecular formula is C18H12ClFN2O2. The fourth-order valence-corrected chi connectivity index (χ4v) is 3.00. The van der Waals surface area contributed by atoms with Crippen LogP contribution < -0.4 is 4.90 Å². The number of benzene rings is 2. The van der Waals surface area contributed by atoms with E-state index in [-0.39, 0.29) is 29.0 Å². The summed E-state index contributed by atoms with van der Waals surface area (Å²) >= 11 is 6.03. The molecule has 4 nitrogen and oxygen atoms in total. The number of anilines is 1. The number of carbonyl (C=O) groups is 2. The van der Waals surface area contributed by atoms with Crippen molar-refractivity contribution in [2.45, 2.75) is 18.9 Å². The van der Waals surface area contributed by atoms with Crippen LogP contribution in [-0.4, -0.2) is 17.7 Å². The Balaban J connectivity index is 1.93. The summed E-state index contributed by atoms with van der Waals surface area (Å²) in [5.41, 5.74) is 1.53. The molecule has 1 saturated heterocycles. The van der Waals surface area contributed by atoms with Crippen LogP contribution in [-0.2, 0) is 16.0 Å². The number of hydrogen-bond donors (Lipinski definition) is 0. The van der Waals surface area contributed by atoms with E-state index in [1.807, 2.05) is 6.07 Å². The van der Waals surface area contributed by atoms with Crippen LogP contribution in [0.4, 0.5) is 10.1 Å². The van der Waals surface area contributed by atoms with Crippen molar-refractivity contribution in [2.24, 2.45) is 0 Å². The van der Waals surface area contributed by atoms with Crippen molar-refractivity contribution in [3.05, 3.63) is 64.4 Å². The van der Waals surface area contributed by atoms with Crippen LogP contribution in [0, 0.1) is 17.1 Å². The highest BCUT2D eigenvalue weighted by Gasteiger charge is 2.39. The summed E-state index contributed by atoms with van der Waals surface area (Å²) in [6, 6.07) is 11.7. The average molecular weight is 343 g/mol. The Kier molecular flexibility index (Phi) is 4.32. The highest BCUT2D eigenvalue weighted by atomic mass is 35.5. The van der Waals surface area contributed by atoms with Crippen molar-refractivity contribution >= 4 is 29.0 Å². The van der Waals surface area contributed by atoms with E-state index in [1.165, 1.54) is 29.2 Å². The molecule has 2 aromatic carbocycles. The lowest BCUT2D eigenvalue weighted by Crippen LogP contribution is -2.37. The summed E-state index contributed by atoms with van der Waals surface area (Å²) in [6.45, 7) is 0. The summed E-state index contributed by atoms with van der Waals surface area (Å²) < 4.78 is 13.0. The largest absolute Gasteiger partial charge is 0.301 e. The molecule has 1 unspecified atom stereocenters. The Hall–Kier alpha value is -2.71. The molecule has 1 aliphatic rings. The van der Waals surface area contributed by atoms with Gasteiger partial charge in [-0.1, -0.05) is 23.7 Å². The van der Waals surface area contributed by atoms with Gasteiger partial charge in [0.25, 0.3) is 0 Å². The standard InChI is InChI=1S/C18H12ClFN2O2/c19-15-8-14(6-3-12(15)10-21)22-16(17(23)9-18(22)24)7-11-1-4-13(20)5-2-11/h1-6,8,16H,7,9H2. The van der Waals surface area contributed by atoms with E-state index in [0.717, 1.165) is 5.56 Å². The lowest BCUT2D eigenvalue weighted by Gasteiger charge is -2.24. The molecular weight excluding hydrogens is 331 g/mol. The zero-order valence-electron chi connectivity index (χ0n) is 12.5. The molecule has 3 rings (SSSR count). The Morgan fingerprint density at radius 2 is 1.92 bits per heavy atom. The molecule has 120 valence electrons. The van der Waals surface area contributed by atoms with Crippen LogP contribution in [0.15, 0.2) is 42.5 Å². The Morgan fingerprint density at radius 3 is 2.54 bits per heavy atom. The second-order valence-electron chi connectivity index (χ2n) is 5.53. The van der Waals surface area contributed by atoms with Gasteiger partial charge in [0.1, 0.15) is 11.9 Å². The first-order chi connectivity index (χ1) is 11.5. The van der Waals surface area contributed by atoms with Gasteiger partial charge in [0.05, 0.1) is 23.0 Å². The Bertz CT molecular complexity index is 858. The minimum Gasteiger partial charge on any atom is -0.301 e. The normalized spacial score (nSPS) is 17.2. The molecule has 0 bridgehead atoms. The molecule has 24 heavy (non-hydrogen) atoms. The van der Waals surface area contributed by atoms with Crippen LogP contribution in [0.25, 0.3) is 0 Å². The van der Waals surface area contributed by atoms with Crippen molar-refractivity contribution in [1.29, 1.82) is 5.26 Å². The third-order valence-electron chi connectivity index (χ3n) is 3.97. The van der Waals surface area contributed by atoms with E-state index in [1.54, 1.807) is 18.2 Å². The van der Waals surface area contributed by atoms with Gasteiger partial charge >= 0.3 is 0 Å². The molecule has 0 aromatic heterocycles. The molecule has 0 N–H and O–H groups in total. The monoisotopic (exact) mass is 342 g/mol. The summed E-state index contributed by atoms with van der Waals surface area (Å²) in [5, 5.41) is 9.16. The number of amides is 1. The third-order valence-corrected chi connectivity index (χ3v) is 4.28. The molecule has 0 radical (unpaired) electrons. The molecule has 1 atom stereocenters. The van der Waals surface area contributed by atoms with Crippen molar-refractivity contribution < 1.29 is 14.0 Å². The molecule has 1 aliphatic heterocycles. The van der Waals surface area contributed by atoms with Gasteiger partial charge in [0.15, 0.2) is 5.78 Å². The molecule has 1 fully saturated rings. The first-order valence-corrected chi connectivity index (χ1v) is 7.66. The Morgan fingerprint density at radius 1 is 1.21 bits per heavy atom. The maximum absolute atomic E-state index is 13.0. The second kappa shape index (κ2) is 6.42. The summed E-state index contributed by atoms with van der Waals surface area (Å²) in [5.74, 6) is -0.860. The number of nitriles is 1. The summed E-state index contributed by atoms with van der Waals surface area (Å²) in [7, 11) is 0. The minimum absolute atomic E-state index is 0.177. The van der Waals surface area contributed by atoms with E-state index >= 15 is 0 Å². The summed E-state index contributed by atoms with van der Waals surface area (Å²) in [6.07, 6.45) is 0.117. The van der Waals surface area contributed by atoms with E-state index in [9.17, 15) is 14.0 Å². The van der Waals surface area contributed by atoms with Crippen LogP contribution in [0.1, 0.15) is 17.5 Å². The smallest absolute Gasteiger partial charge is 0.235 e. The maximum atomic E-state index is 13.0. The molecule has 2 aromatic rings. The third kappa shape index (κ3) is 3.01. The quantitative estimate of drug-likeness (QED) is 0.804. The van der Waals surface area contributed by atoms with Gasteiger partial charge in [-0.3, -0.25) is 9.59 Å². The zero-order chi connectivity index (χ0) is 17.3. The van der Waals surface area contributed by atoms with Gasteiger partial charge in [-0.2, -0.15) is 5.26 Å². The van der Waals surface area contributed by atoms with Crippen molar-refractivity contribution in [1.82, 2.24) is 0 Å². The summed E-state index contributed by atoms with van der Waals surface area (Å²) in [4.78, 5) is 25.9. The van der Waals surface area contributed by atoms with Gasteiger partial charge in [-0.05, 0) is 35.9 Å². The number of carbonyl (C=O) groups excluding carboxylic acids is 2. The maximum Gasteiger partial charge on any atom is 0.235 e. The number of halogens is 2. The zero-order valence-corrected chi connectivity index (χ0v) is 13.3. The topological polar surface area (TPSA) is 61.2 Å². The van der Waals surface area contributed by atoms with E-state index < -0.39 is 6.04 Å². The molecule has 0 spiro atoms. The number of ketones is 1. The predicted molar refractivity (Wildman–Crippen MR) is 87.2 cm³/mol. The molecule has 1 amide bonds. The average Bonchev–Trinajstić information content (AvgIpc) is 2.83. The predicted octanol–water partition coefficient (Wildman–Crippen LogP) is 3.27. The van der Waals surface area contributed by atoms with Gasteiger partial charge in [-0.25, -0.2) is 4.39 Å². The molecule has 6 heteroatoms. The minimum atomic E-state index is -0.660. The number of rotatable bonds is 3. The lowest BCUT2D eigenvalue weighted by molar-refractivity contribution is -0.121. The molecule has 0 saturated carbocycles. The van der Waals surface area contributed by atoms with Crippen molar-refractivity contribution in [3.8, 4) is 6.07 Å².